The van der Waals surface area contributed by atoms with Crippen molar-refractivity contribution in [2.24, 2.45) is 0 Å². The summed E-state index contributed by atoms with van der Waals surface area (Å²) in [6.45, 7) is 0. The van der Waals surface area contributed by atoms with Crippen molar-refractivity contribution in [2.75, 3.05) is 4.90 Å². The summed E-state index contributed by atoms with van der Waals surface area (Å²) in [5.41, 5.74) is 20.1. The van der Waals surface area contributed by atoms with Crippen molar-refractivity contribution in [3.63, 3.8) is 0 Å². The molecule has 11 aromatic carbocycles. The number of anilines is 3. The highest BCUT2D eigenvalue weighted by molar-refractivity contribution is 6.11. The first-order valence-electron chi connectivity index (χ1n) is 24.1. The molecule has 1 aliphatic rings. The third kappa shape index (κ3) is 6.01. The molecule has 0 N–H and O–H groups in total. The van der Waals surface area contributed by atoms with E-state index in [4.69, 9.17) is 4.42 Å². The maximum Gasteiger partial charge on any atom is 0.143 e. The average molecular weight is 893 g/mol. The molecular formula is C67H44N2O. The Morgan fingerprint density at radius 2 is 0.886 bits per heavy atom. The number of nitrogens with zero attached hydrogens (tertiary/aromatic N) is 2. The van der Waals surface area contributed by atoms with Crippen molar-refractivity contribution in [1.82, 2.24) is 4.57 Å². The van der Waals surface area contributed by atoms with E-state index < -0.39 is 5.41 Å². The fourth-order valence-electron chi connectivity index (χ4n) is 11.7. The van der Waals surface area contributed by atoms with Gasteiger partial charge in [-0.3, -0.25) is 0 Å². The quantitative estimate of drug-likeness (QED) is 0.152. The minimum atomic E-state index is -0.530. The molecular weight excluding hydrogens is 849 g/mol. The highest BCUT2D eigenvalue weighted by Crippen LogP contribution is 2.59. The second-order valence-electron chi connectivity index (χ2n) is 18.4. The highest BCUT2D eigenvalue weighted by atomic mass is 16.3. The van der Waals surface area contributed by atoms with Crippen LogP contribution in [0.4, 0.5) is 17.1 Å². The van der Waals surface area contributed by atoms with E-state index in [1.807, 2.05) is 0 Å². The number of fused-ring (bicyclic) bond motifs is 9. The predicted octanol–water partition coefficient (Wildman–Crippen LogP) is 17.8. The molecule has 2 heterocycles. The lowest BCUT2D eigenvalue weighted by Gasteiger charge is -2.34. The largest absolute Gasteiger partial charge is 0.455 e. The van der Waals surface area contributed by atoms with Crippen LogP contribution in [-0.4, -0.2) is 4.57 Å². The SMILES string of the molecule is c1ccc(-c2cccc3c2oc2ccc(-c4ccc(N(c5ccc(-n6c7ccccc7c7ccccc76)cc5)c5cccc6c5-c5ccccc5C6(c5ccccc5)c5ccccc5)cc4)cc23)cc1. The fraction of sp³-hybridized carbons (Fsp3) is 0.0149. The van der Waals surface area contributed by atoms with E-state index in [-0.39, 0.29) is 0 Å². The zero-order valence-corrected chi connectivity index (χ0v) is 38.2. The summed E-state index contributed by atoms with van der Waals surface area (Å²) in [4.78, 5) is 2.46. The minimum Gasteiger partial charge on any atom is -0.455 e. The number of benzene rings is 11. The van der Waals surface area contributed by atoms with E-state index in [9.17, 15) is 0 Å². The lowest BCUT2D eigenvalue weighted by molar-refractivity contribution is 0.670. The Morgan fingerprint density at radius 1 is 0.357 bits per heavy atom. The summed E-state index contributed by atoms with van der Waals surface area (Å²) in [7, 11) is 0. The molecule has 0 saturated carbocycles. The molecule has 3 heteroatoms. The molecule has 328 valence electrons. The first-order chi connectivity index (χ1) is 34.7. The molecule has 0 radical (unpaired) electrons. The summed E-state index contributed by atoms with van der Waals surface area (Å²) in [6, 6.07) is 97.2. The van der Waals surface area contributed by atoms with Gasteiger partial charge in [-0.05, 0) is 111 Å². The van der Waals surface area contributed by atoms with Crippen molar-refractivity contribution in [1.29, 1.82) is 0 Å². The van der Waals surface area contributed by atoms with Gasteiger partial charge in [-0.25, -0.2) is 0 Å². The van der Waals surface area contributed by atoms with Crippen molar-refractivity contribution < 1.29 is 4.42 Å². The third-order valence-electron chi connectivity index (χ3n) is 14.7. The Bertz CT molecular complexity index is 4000. The van der Waals surface area contributed by atoms with Crippen LogP contribution in [0.3, 0.4) is 0 Å². The van der Waals surface area contributed by atoms with E-state index in [0.717, 1.165) is 66.9 Å². The molecule has 0 spiro atoms. The second kappa shape index (κ2) is 16.0. The van der Waals surface area contributed by atoms with Crippen molar-refractivity contribution >= 4 is 60.8 Å². The zero-order valence-electron chi connectivity index (χ0n) is 38.2. The van der Waals surface area contributed by atoms with Crippen LogP contribution in [0.15, 0.2) is 271 Å². The minimum absolute atomic E-state index is 0.530. The zero-order chi connectivity index (χ0) is 46.2. The van der Waals surface area contributed by atoms with Crippen LogP contribution in [-0.2, 0) is 5.41 Å². The first-order valence-corrected chi connectivity index (χ1v) is 24.1. The predicted molar refractivity (Wildman–Crippen MR) is 291 cm³/mol. The summed E-state index contributed by atoms with van der Waals surface area (Å²) in [5.74, 6) is 0. The Hall–Kier alpha value is -9.18. The van der Waals surface area contributed by atoms with Gasteiger partial charge in [0.15, 0.2) is 0 Å². The van der Waals surface area contributed by atoms with E-state index in [1.54, 1.807) is 0 Å². The van der Waals surface area contributed by atoms with Gasteiger partial charge in [-0.1, -0.05) is 200 Å². The Morgan fingerprint density at radius 3 is 1.57 bits per heavy atom. The number of hydrogen-bond acceptors (Lipinski definition) is 2. The highest BCUT2D eigenvalue weighted by Gasteiger charge is 2.47. The van der Waals surface area contributed by atoms with Gasteiger partial charge < -0.3 is 13.9 Å². The van der Waals surface area contributed by atoms with Crippen LogP contribution in [0.25, 0.3) is 82.8 Å². The maximum absolute atomic E-state index is 6.58. The van der Waals surface area contributed by atoms with Crippen LogP contribution in [0, 0.1) is 0 Å². The van der Waals surface area contributed by atoms with Gasteiger partial charge in [-0.2, -0.15) is 0 Å². The van der Waals surface area contributed by atoms with E-state index in [0.29, 0.717) is 0 Å². The molecule has 3 nitrogen and oxygen atoms in total. The van der Waals surface area contributed by atoms with Gasteiger partial charge >= 0.3 is 0 Å². The van der Waals surface area contributed by atoms with E-state index >= 15 is 0 Å². The van der Waals surface area contributed by atoms with Gasteiger partial charge in [0.2, 0.25) is 0 Å². The number of para-hydroxylation sites is 3. The lowest BCUT2D eigenvalue weighted by Crippen LogP contribution is -2.28. The fourth-order valence-corrected chi connectivity index (χ4v) is 11.7. The van der Waals surface area contributed by atoms with Crippen LogP contribution in [0.5, 0.6) is 0 Å². The second-order valence-corrected chi connectivity index (χ2v) is 18.4. The molecule has 0 aliphatic heterocycles. The molecule has 0 bridgehead atoms. The molecule has 13 aromatic rings. The Balaban J connectivity index is 0.948. The molecule has 1 aliphatic carbocycles. The van der Waals surface area contributed by atoms with Gasteiger partial charge in [-0.15, -0.1) is 0 Å². The van der Waals surface area contributed by atoms with Gasteiger partial charge in [0.05, 0.1) is 22.1 Å². The first kappa shape index (κ1) is 39.9. The van der Waals surface area contributed by atoms with Crippen LogP contribution in [0.2, 0.25) is 0 Å². The molecule has 0 fully saturated rings. The van der Waals surface area contributed by atoms with Crippen LogP contribution in [0.1, 0.15) is 22.3 Å². The van der Waals surface area contributed by atoms with Crippen molar-refractivity contribution in [3.05, 3.63) is 289 Å². The van der Waals surface area contributed by atoms with E-state index in [2.05, 4.69) is 276 Å². The topological polar surface area (TPSA) is 21.3 Å². The van der Waals surface area contributed by atoms with Crippen LogP contribution < -0.4 is 4.90 Å². The van der Waals surface area contributed by atoms with Crippen molar-refractivity contribution in [3.8, 4) is 39.1 Å². The summed E-state index contributed by atoms with van der Waals surface area (Å²) < 4.78 is 8.97. The monoisotopic (exact) mass is 892 g/mol. The number of furan rings is 1. The third-order valence-corrected chi connectivity index (χ3v) is 14.7. The smallest absolute Gasteiger partial charge is 0.143 e. The molecule has 0 atom stereocenters. The van der Waals surface area contributed by atoms with E-state index in [1.165, 1.54) is 55.2 Å². The summed E-state index contributed by atoms with van der Waals surface area (Å²) in [6.07, 6.45) is 0. The van der Waals surface area contributed by atoms with Gasteiger partial charge in [0, 0.05) is 49.7 Å². The molecule has 0 unspecified atom stereocenters. The number of hydrogen-bond donors (Lipinski definition) is 0. The Labute approximate surface area is 406 Å². The molecule has 14 rings (SSSR count). The lowest BCUT2D eigenvalue weighted by atomic mass is 9.68. The normalized spacial score (nSPS) is 12.7. The molecule has 0 saturated heterocycles. The Kier molecular flexibility index (Phi) is 9.11. The standard InChI is InChI=1S/C67H44N2O/c1-4-18-46(19-5-1)53-27-16-28-56-58-44-47(36-43-64(58)70-66(53)56)45-34-37-50(38-35-45)68(51-39-41-52(42-40-51)69-61-31-14-11-24-54(61)55-25-12-15-32-62(55)69)63-33-17-30-60-65(63)57-26-10-13-29-59(57)67(60,48-20-6-2-7-21-48)49-22-8-3-9-23-49/h1-44H. The number of aromatic nitrogens is 1. The average Bonchev–Trinajstić information content (AvgIpc) is 4.09. The summed E-state index contributed by atoms with van der Waals surface area (Å²) in [5, 5.41) is 4.73. The molecule has 2 aromatic heterocycles. The molecule has 70 heavy (non-hydrogen) atoms. The maximum atomic E-state index is 6.58. The summed E-state index contributed by atoms with van der Waals surface area (Å²) >= 11 is 0. The molecule has 0 amide bonds. The van der Waals surface area contributed by atoms with Crippen molar-refractivity contribution in [2.45, 2.75) is 5.41 Å². The van der Waals surface area contributed by atoms with Gasteiger partial charge in [0.1, 0.15) is 11.2 Å². The number of rotatable bonds is 8. The van der Waals surface area contributed by atoms with Crippen LogP contribution >= 0.6 is 0 Å². The van der Waals surface area contributed by atoms with Gasteiger partial charge in [0.25, 0.3) is 0 Å².